The van der Waals surface area contributed by atoms with Gasteiger partial charge in [0.15, 0.2) is 0 Å². The van der Waals surface area contributed by atoms with E-state index in [1.165, 1.54) is 12.0 Å². The van der Waals surface area contributed by atoms with Crippen LogP contribution < -0.4 is 10.9 Å². The Bertz CT molecular complexity index is 1160. The SMILES string of the molecule is Cc1ccc(CN(Cc2cc3c(C)cc(C)cc3[nH]c2=O)C(=O)NC2CCCCC2)cc1. The van der Waals surface area contributed by atoms with Crippen LogP contribution in [0.25, 0.3) is 10.9 Å². The van der Waals surface area contributed by atoms with Crippen LogP contribution in [-0.4, -0.2) is 22.0 Å². The van der Waals surface area contributed by atoms with Gasteiger partial charge < -0.3 is 15.2 Å². The molecule has 2 N–H and O–H groups in total. The molecule has 5 nitrogen and oxygen atoms in total. The Balaban J connectivity index is 1.62. The van der Waals surface area contributed by atoms with E-state index >= 15 is 0 Å². The molecule has 4 rings (SSSR count). The van der Waals surface area contributed by atoms with E-state index < -0.39 is 0 Å². The average Bonchev–Trinajstić information content (AvgIpc) is 2.76. The van der Waals surface area contributed by atoms with Crippen LogP contribution in [0.4, 0.5) is 4.79 Å². The van der Waals surface area contributed by atoms with Gasteiger partial charge in [0.25, 0.3) is 5.56 Å². The Labute approximate surface area is 189 Å². The molecule has 3 aromatic rings. The van der Waals surface area contributed by atoms with Gasteiger partial charge in [-0.25, -0.2) is 4.79 Å². The predicted molar refractivity (Wildman–Crippen MR) is 130 cm³/mol. The highest BCUT2D eigenvalue weighted by Gasteiger charge is 2.21. The lowest BCUT2D eigenvalue weighted by Crippen LogP contribution is -2.45. The van der Waals surface area contributed by atoms with Gasteiger partial charge in [-0.1, -0.05) is 55.2 Å². The maximum Gasteiger partial charge on any atom is 0.318 e. The van der Waals surface area contributed by atoms with Gasteiger partial charge in [-0.2, -0.15) is 0 Å². The van der Waals surface area contributed by atoms with Crippen molar-refractivity contribution in [1.29, 1.82) is 0 Å². The van der Waals surface area contributed by atoms with Gasteiger partial charge in [0.1, 0.15) is 0 Å². The maximum atomic E-state index is 13.3. The number of amides is 2. The number of pyridine rings is 1. The van der Waals surface area contributed by atoms with E-state index in [0.717, 1.165) is 53.3 Å². The highest BCUT2D eigenvalue weighted by Crippen LogP contribution is 2.21. The van der Waals surface area contributed by atoms with Crippen molar-refractivity contribution in [3.05, 3.63) is 80.6 Å². The fourth-order valence-electron chi connectivity index (χ4n) is 4.67. The zero-order chi connectivity index (χ0) is 22.7. The van der Waals surface area contributed by atoms with Gasteiger partial charge in [-0.3, -0.25) is 4.79 Å². The molecule has 32 heavy (non-hydrogen) atoms. The third-order valence-corrected chi connectivity index (χ3v) is 6.46. The number of aryl methyl sites for hydroxylation is 3. The first-order chi connectivity index (χ1) is 15.4. The van der Waals surface area contributed by atoms with Crippen molar-refractivity contribution in [2.45, 2.75) is 72.0 Å². The number of carbonyl (C=O) groups is 1. The topological polar surface area (TPSA) is 65.2 Å². The second-order valence-electron chi connectivity index (χ2n) is 9.29. The van der Waals surface area contributed by atoms with E-state index in [0.29, 0.717) is 12.1 Å². The molecular weight excluding hydrogens is 398 g/mol. The summed E-state index contributed by atoms with van der Waals surface area (Å²) in [6, 6.07) is 14.4. The van der Waals surface area contributed by atoms with Gasteiger partial charge >= 0.3 is 6.03 Å². The molecule has 0 bridgehead atoms. The van der Waals surface area contributed by atoms with Gasteiger partial charge in [0.05, 0.1) is 6.54 Å². The van der Waals surface area contributed by atoms with Crippen molar-refractivity contribution in [1.82, 2.24) is 15.2 Å². The number of rotatable bonds is 5. The number of hydrogen-bond acceptors (Lipinski definition) is 2. The summed E-state index contributed by atoms with van der Waals surface area (Å²) in [6.07, 6.45) is 5.61. The molecule has 0 aliphatic heterocycles. The number of benzene rings is 2. The Hall–Kier alpha value is -3.08. The van der Waals surface area contributed by atoms with E-state index in [1.54, 1.807) is 4.90 Å². The molecule has 0 atom stereocenters. The minimum absolute atomic E-state index is 0.0994. The van der Waals surface area contributed by atoms with Crippen LogP contribution in [0.15, 0.2) is 47.3 Å². The molecule has 0 radical (unpaired) electrons. The second kappa shape index (κ2) is 9.60. The fraction of sp³-hybridized carbons (Fsp3) is 0.407. The van der Waals surface area contributed by atoms with E-state index in [9.17, 15) is 9.59 Å². The molecule has 168 valence electrons. The smallest absolute Gasteiger partial charge is 0.318 e. The first-order valence-corrected chi connectivity index (χ1v) is 11.6. The number of urea groups is 1. The molecule has 5 heteroatoms. The van der Waals surface area contributed by atoms with Crippen molar-refractivity contribution < 1.29 is 4.79 Å². The van der Waals surface area contributed by atoms with E-state index in [1.807, 2.05) is 31.2 Å². The number of nitrogens with zero attached hydrogens (tertiary/aromatic N) is 1. The van der Waals surface area contributed by atoms with Crippen molar-refractivity contribution in [2.75, 3.05) is 0 Å². The van der Waals surface area contributed by atoms with Gasteiger partial charge in [0, 0.05) is 29.1 Å². The normalized spacial score (nSPS) is 14.5. The Morgan fingerprint density at radius 1 is 0.969 bits per heavy atom. The van der Waals surface area contributed by atoms with Gasteiger partial charge in [-0.15, -0.1) is 0 Å². The number of aromatic nitrogens is 1. The second-order valence-corrected chi connectivity index (χ2v) is 9.29. The number of aromatic amines is 1. The largest absolute Gasteiger partial charge is 0.335 e. The molecule has 0 unspecified atom stereocenters. The summed E-state index contributed by atoms with van der Waals surface area (Å²) in [5.74, 6) is 0. The summed E-state index contributed by atoms with van der Waals surface area (Å²) in [7, 11) is 0. The standard InChI is InChI=1S/C27H33N3O2/c1-18-9-11-21(12-10-18)16-30(27(32)28-23-7-5-4-6-8-23)17-22-15-24-20(3)13-19(2)14-25(24)29-26(22)31/h9-15,23H,4-8,16-17H2,1-3H3,(H,28,32)(H,29,31). The van der Waals surface area contributed by atoms with E-state index in [4.69, 9.17) is 0 Å². The first-order valence-electron chi connectivity index (χ1n) is 11.6. The van der Waals surface area contributed by atoms with Gasteiger partial charge in [-0.05, 0) is 62.4 Å². The lowest BCUT2D eigenvalue weighted by molar-refractivity contribution is 0.184. The predicted octanol–water partition coefficient (Wildman–Crippen LogP) is 5.50. The minimum Gasteiger partial charge on any atom is -0.335 e. The first kappa shape index (κ1) is 22.1. The van der Waals surface area contributed by atoms with Crippen LogP contribution in [0.1, 0.15) is 59.9 Å². The molecule has 1 saturated carbocycles. The van der Waals surface area contributed by atoms with Crippen LogP contribution in [0.3, 0.4) is 0 Å². The summed E-state index contributed by atoms with van der Waals surface area (Å²) in [5.41, 5.74) is 5.79. The van der Waals surface area contributed by atoms with Gasteiger partial charge in [0.2, 0.25) is 0 Å². The summed E-state index contributed by atoms with van der Waals surface area (Å²) >= 11 is 0. The van der Waals surface area contributed by atoms with Crippen LogP contribution in [-0.2, 0) is 13.1 Å². The zero-order valence-corrected chi connectivity index (χ0v) is 19.3. The fourth-order valence-corrected chi connectivity index (χ4v) is 4.67. The zero-order valence-electron chi connectivity index (χ0n) is 19.3. The molecule has 2 amide bonds. The molecular formula is C27H33N3O2. The Morgan fingerprint density at radius 2 is 1.69 bits per heavy atom. The minimum atomic E-state index is -0.137. The highest BCUT2D eigenvalue weighted by atomic mass is 16.2. The number of fused-ring (bicyclic) bond motifs is 1. The van der Waals surface area contributed by atoms with Crippen molar-refractivity contribution in [2.24, 2.45) is 0 Å². The summed E-state index contributed by atoms with van der Waals surface area (Å²) in [4.78, 5) is 30.9. The highest BCUT2D eigenvalue weighted by molar-refractivity contribution is 5.83. The maximum absolute atomic E-state index is 13.3. The third kappa shape index (κ3) is 5.21. The summed E-state index contributed by atoms with van der Waals surface area (Å²) in [5, 5.41) is 4.24. The van der Waals surface area contributed by atoms with Crippen LogP contribution in [0.5, 0.6) is 0 Å². The summed E-state index contributed by atoms with van der Waals surface area (Å²) < 4.78 is 0. The lowest BCUT2D eigenvalue weighted by atomic mass is 9.96. The molecule has 1 aliphatic rings. The number of carbonyl (C=O) groups excluding carboxylic acids is 1. The van der Waals surface area contributed by atoms with Crippen molar-refractivity contribution in [3.8, 4) is 0 Å². The molecule has 0 spiro atoms. The van der Waals surface area contributed by atoms with Crippen LogP contribution >= 0.6 is 0 Å². The van der Waals surface area contributed by atoms with Crippen LogP contribution in [0, 0.1) is 20.8 Å². The summed E-state index contributed by atoms with van der Waals surface area (Å²) in [6.45, 7) is 6.86. The Morgan fingerprint density at radius 3 is 2.41 bits per heavy atom. The van der Waals surface area contributed by atoms with Crippen molar-refractivity contribution in [3.63, 3.8) is 0 Å². The molecule has 0 saturated heterocycles. The number of hydrogen-bond donors (Lipinski definition) is 2. The molecule has 1 heterocycles. The quantitative estimate of drug-likeness (QED) is 0.560. The Kier molecular flexibility index (Phi) is 6.63. The van der Waals surface area contributed by atoms with Crippen LogP contribution in [0.2, 0.25) is 0 Å². The lowest BCUT2D eigenvalue weighted by Gasteiger charge is -2.28. The average molecular weight is 432 g/mol. The van der Waals surface area contributed by atoms with E-state index in [-0.39, 0.29) is 24.2 Å². The molecule has 2 aromatic carbocycles. The number of nitrogens with one attached hydrogen (secondary N) is 2. The van der Waals surface area contributed by atoms with Crippen molar-refractivity contribution >= 4 is 16.9 Å². The monoisotopic (exact) mass is 431 g/mol. The molecule has 1 aromatic heterocycles. The third-order valence-electron chi connectivity index (χ3n) is 6.46. The van der Waals surface area contributed by atoms with E-state index in [2.05, 4.69) is 42.3 Å². The number of H-pyrrole nitrogens is 1. The molecule has 1 fully saturated rings. The molecule has 1 aliphatic carbocycles.